The van der Waals surface area contributed by atoms with E-state index in [9.17, 15) is 14.9 Å². The van der Waals surface area contributed by atoms with Gasteiger partial charge in [-0.1, -0.05) is 18.2 Å². The fraction of sp³-hybridized carbons (Fsp3) is 0.235. The summed E-state index contributed by atoms with van der Waals surface area (Å²) < 4.78 is 11.3. The highest BCUT2D eigenvalue weighted by Crippen LogP contribution is 2.17. The fourth-order valence-corrected chi connectivity index (χ4v) is 1.93. The van der Waals surface area contributed by atoms with Gasteiger partial charge in [0.05, 0.1) is 0 Å². The van der Waals surface area contributed by atoms with Gasteiger partial charge in [-0.15, -0.1) is 0 Å². The highest BCUT2D eigenvalue weighted by molar-refractivity contribution is 5.91. The number of ether oxygens (including phenoxy) is 2. The van der Waals surface area contributed by atoms with Gasteiger partial charge < -0.3 is 14.8 Å². The molecule has 0 aliphatic carbocycles. The van der Waals surface area contributed by atoms with Gasteiger partial charge in [0.1, 0.15) is 24.2 Å². The highest BCUT2D eigenvalue weighted by Gasteiger charge is 2.09. The number of nitro groups is 1. The summed E-state index contributed by atoms with van der Waals surface area (Å²) >= 11 is 0. The zero-order valence-corrected chi connectivity index (χ0v) is 13.2. The number of hydrogen-bond donors (Lipinski definition) is 1. The standard InChI is InChI=1S/C17H18N2O5/c1-13(24-16-5-3-2-4-6-16)12-23-15-9-7-14(8-10-15)18-17(20)11-19(21)22/h2-10,13H,11-12H2,1H3,(H,18,20). The average molecular weight is 330 g/mol. The van der Waals surface area contributed by atoms with Crippen molar-refractivity contribution in [3.8, 4) is 11.5 Å². The average Bonchev–Trinajstić information content (AvgIpc) is 2.54. The number of nitrogens with one attached hydrogen (secondary N) is 1. The summed E-state index contributed by atoms with van der Waals surface area (Å²) in [6, 6.07) is 16.1. The Morgan fingerprint density at radius 1 is 1.12 bits per heavy atom. The molecule has 0 aliphatic rings. The van der Waals surface area contributed by atoms with Crippen molar-refractivity contribution in [2.45, 2.75) is 13.0 Å². The van der Waals surface area contributed by atoms with Crippen LogP contribution in [0.15, 0.2) is 54.6 Å². The number of amides is 1. The van der Waals surface area contributed by atoms with E-state index in [1.54, 1.807) is 24.3 Å². The molecule has 2 aromatic rings. The lowest BCUT2D eigenvalue weighted by Crippen LogP contribution is -2.22. The van der Waals surface area contributed by atoms with Crippen molar-refractivity contribution in [3.05, 3.63) is 64.7 Å². The molecule has 7 heteroatoms. The lowest BCUT2D eigenvalue weighted by molar-refractivity contribution is -0.467. The number of hydrogen-bond acceptors (Lipinski definition) is 5. The molecule has 126 valence electrons. The Morgan fingerprint density at radius 2 is 1.79 bits per heavy atom. The van der Waals surface area contributed by atoms with E-state index in [0.29, 0.717) is 18.0 Å². The normalized spacial score (nSPS) is 11.4. The van der Waals surface area contributed by atoms with Crippen LogP contribution in [0.1, 0.15) is 6.92 Å². The summed E-state index contributed by atoms with van der Waals surface area (Å²) in [5.74, 6) is 0.724. The summed E-state index contributed by atoms with van der Waals surface area (Å²) in [7, 11) is 0. The Morgan fingerprint density at radius 3 is 2.42 bits per heavy atom. The van der Waals surface area contributed by atoms with Crippen molar-refractivity contribution in [1.82, 2.24) is 0 Å². The van der Waals surface area contributed by atoms with Crippen LogP contribution >= 0.6 is 0 Å². The van der Waals surface area contributed by atoms with Crippen LogP contribution in [0.3, 0.4) is 0 Å². The molecule has 0 saturated heterocycles. The zero-order valence-electron chi connectivity index (χ0n) is 13.2. The van der Waals surface area contributed by atoms with Crippen molar-refractivity contribution in [1.29, 1.82) is 0 Å². The quantitative estimate of drug-likeness (QED) is 0.593. The molecule has 0 saturated carbocycles. The first-order valence-electron chi connectivity index (χ1n) is 7.39. The van der Waals surface area contributed by atoms with Crippen molar-refractivity contribution in [3.63, 3.8) is 0 Å². The van der Waals surface area contributed by atoms with E-state index in [-0.39, 0.29) is 6.10 Å². The number of carbonyl (C=O) groups excluding carboxylic acids is 1. The van der Waals surface area contributed by atoms with E-state index in [0.717, 1.165) is 5.75 Å². The predicted octanol–water partition coefficient (Wildman–Crippen LogP) is 2.75. The molecule has 24 heavy (non-hydrogen) atoms. The minimum absolute atomic E-state index is 0.133. The number of carbonyl (C=O) groups is 1. The first-order chi connectivity index (χ1) is 11.5. The summed E-state index contributed by atoms with van der Waals surface area (Å²) in [5, 5.41) is 12.7. The molecule has 0 bridgehead atoms. The van der Waals surface area contributed by atoms with E-state index in [1.807, 2.05) is 37.3 Å². The van der Waals surface area contributed by atoms with E-state index in [1.165, 1.54) is 0 Å². The third kappa shape index (κ3) is 5.96. The predicted molar refractivity (Wildman–Crippen MR) is 89.0 cm³/mol. The summed E-state index contributed by atoms with van der Waals surface area (Å²) in [6.45, 7) is 1.51. The maximum Gasteiger partial charge on any atom is 0.296 e. The molecule has 1 unspecified atom stereocenters. The van der Waals surface area contributed by atoms with E-state index in [2.05, 4.69) is 5.32 Å². The third-order valence-electron chi connectivity index (χ3n) is 2.98. The Labute approximate surface area is 139 Å². The van der Waals surface area contributed by atoms with Gasteiger partial charge in [-0.05, 0) is 43.3 Å². The molecule has 1 amide bonds. The van der Waals surface area contributed by atoms with Gasteiger partial charge >= 0.3 is 0 Å². The van der Waals surface area contributed by atoms with Crippen LogP contribution in [-0.2, 0) is 4.79 Å². The van der Waals surface area contributed by atoms with E-state index in [4.69, 9.17) is 9.47 Å². The molecule has 2 rings (SSSR count). The number of anilines is 1. The van der Waals surface area contributed by atoms with E-state index < -0.39 is 17.4 Å². The minimum atomic E-state index is -0.757. The van der Waals surface area contributed by atoms with E-state index >= 15 is 0 Å². The molecule has 0 fully saturated rings. The molecule has 1 atom stereocenters. The van der Waals surface area contributed by atoms with Crippen LogP contribution in [0.25, 0.3) is 0 Å². The zero-order chi connectivity index (χ0) is 17.4. The topological polar surface area (TPSA) is 90.7 Å². The molecule has 1 N–H and O–H groups in total. The van der Waals surface area contributed by atoms with Gasteiger partial charge in [-0.2, -0.15) is 0 Å². The van der Waals surface area contributed by atoms with Crippen LogP contribution in [0, 0.1) is 10.1 Å². The number of nitrogens with zero attached hydrogens (tertiary/aromatic N) is 1. The largest absolute Gasteiger partial charge is 0.490 e. The second-order valence-electron chi connectivity index (χ2n) is 5.12. The van der Waals surface area contributed by atoms with Gasteiger partial charge in [0.25, 0.3) is 12.5 Å². The second-order valence-corrected chi connectivity index (χ2v) is 5.12. The lowest BCUT2D eigenvalue weighted by Gasteiger charge is -2.15. The summed E-state index contributed by atoms with van der Waals surface area (Å²) in [4.78, 5) is 20.9. The lowest BCUT2D eigenvalue weighted by atomic mass is 10.3. The molecule has 0 radical (unpaired) electrons. The van der Waals surface area contributed by atoms with Crippen LogP contribution in [0.2, 0.25) is 0 Å². The van der Waals surface area contributed by atoms with Crippen LogP contribution < -0.4 is 14.8 Å². The Hall–Kier alpha value is -3.09. The van der Waals surface area contributed by atoms with Crippen LogP contribution in [0.5, 0.6) is 11.5 Å². The van der Waals surface area contributed by atoms with Gasteiger partial charge in [0.2, 0.25) is 0 Å². The first kappa shape index (κ1) is 17.3. The number of para-hydroxylation sites is 1. The van der Waals surface area contributed by atoms with Crippen molar-refractivity contribution >= 4 is 11.6 Å². The van der Waals surface area contributed by atoms with Crippen molar-refractivity contribution in [2.24, 2.45) is 0 Å². The molecule has 0 aromatic heterocycles. The SMILES string of the molecule is CC(COc1ccc(NC(=O)C[N+](=O)[O-])cc1)Oc1ccccc1. The number of rotatable bonds is 8. The highest BCUT2D eigenvalue weighted by atomic mass is 16.6. The molecule has 0 spiro atoms. The van der Waals surface area contributed by atoms with Crippen molar-refractivity contribution in [2.75, 3.05) is 18.5 Å². The van der Waals surface area contributed by atoms with Gasteiger partial charge in [0.15, 0.2) is 0 Å². The minimum Gasteiger partial charge on any atom is -0.490 e. The van der Waals surface area contributed by atoms with Crippen LogP contribution in [0.4, 0.5) is 5.69 Å². The smallest absolute Gasteiger partial charge is 0.296 e. The fourth-order valence-electron chi connectivity index (χ4n) is 1.93. The Kier molecular flexibility index (Phi) is 6.13. The molecular formula is C17H18N2O5. The van der Waals surface area contributed by atoms with Gasteiger partial charge in [-0.3, -0.25) is 14.9 Å². The maximum atomic E-state index is 11.3. The Balaban J connectivity index is 1.79. The molecular weight excluding hydrogens is 312 g/mol. The summed E-state index contributed by atoms with van der Waals surface area (Å²) in [6.07, 6.45) is -0.133. The monoisotopic (exact) mass is 330 g/mol. The van der Waals surface area contributed by atoms with Gasteiger partial charge in [0, 0.05) is 10.6 Å². The second kappa shape index (κ2) is 8.52. The van der Waals surface area contributed by atoms with Crippen molar-refractivity contribution < 1.29 is 19.2 Å². The molecule has 0 aliphatic heterocycles. The Bertz CT molecular complexity index is 673. The number of benzene rings is 2. The van der Waals surface area contributed by atoms with Gasteiger partial charge in [-0.25, -0.2) is 0 Å². The maximum absolute atomic E-state index is 11.3. The third-order valence-corrected chi connectivity index (χ3v) is 2.98. The first-order valence-corrected chi connectivity index (χ1v) is 7.39. The summed E-state index contributed by atoms with van der Waals surface area (Å²) in [5.41, 5.74) is 0.475. The van der Waals surface area contributed by atoms with Crippen LogP contribution in [-0.4, -0.2) is 30.1 Å². The molecule has 2 aromatic carbocycles. The molecule has 0 heterocycles. The molecule has 7 nitrogen and oxygen atoms in total.